The molecule has 0 saturated heterocycles. The molecule has 1 aromatic heterocycles. The molecule has 0 nitrogen and oxygen atoms in total. The van der Waals surface area contributed by atoms with E-state index in [1.165, 1.54) is 49.7 Å². The Hall–Kier alpha value is -0.160. The van der Waals surface area contributed by atoms with E-state index >= 15 is 0 Å². The molecule has 4 heteroatoms. The number of halogens is 3. The lowest BCUT2D eigenvalue weighted by Gasteiger charge is -2.14. The highest BCUT2D eigenvalue weighted by Gasteiger charge is 2.22. The van der Waals surface area contributed by atoms with Crippen molar-refractivity contribution < 1.29 is 0 Å². The van der Waals surface area contributed by atoms with Crippen LogP contribution in [-0.2, 0) is 12.8 Å². The van der Waals surface area contributed by atoms with E-state index in [9.17, 15) is 0 Å². The minimum absolute atomic E-state index is 0.208. The van der Waals surface area contributed by atoms with Crippen LogP contribution in [0.1, 0.15) is 27.1 Å². The van der Waals surface area contributed by atoms with Crippen LogP contribution in [0.3, 0.4) is 0 Å². The van der Waals surface area contributed by atoms with Gasteiger partial charge in [-0.3, -0.25) is 0 Å². The summed E-state index contributed by atoms with van der Waals surface area (Å²) < 4.78 is 2.33. The molecule has 1 unspecified atom stereocenters. The van der Waals surface area contributed by atoms with Crippen LogP contribution in [-0.4, -0.2) is 0 Å². The zero-order chi connectivity index (χ0) is 14.6. The minimum atomic E-state index is 0.208. The zero-order valence-corrected chi connectivity index (χ0v) is 16.6. The fraction of sp³-hybridized carbons (Fsp3) is 0.176. The zero-order valence-electron chi connectivity index (χ0n) is 11.0. The highest BCUT2D eigenvalue weighted by molar-refractivity contribution is 9.12. The van der Waals surface area contributed by atoms with Crippen molar-refractivity contribution in [1.29, 1.82) is 0 Å². The second-order valence-electron chi connectivity index (χ2n) is 5.30. The third-order valence-corrected chi connectivity index (χ3v) is 7.51. The number of thiophene rings is 1. The minimum Gasteiger partial charge on any atom is -0.121 e. The van der Waals surface area contributed by atoms with Crippen LogP contribution in [0.5, 0.6) is 0 Å². The van der Waals surface area contributed by atoms with Crippen molar-refractivity contribution in [1.82, 2.24) is 0 Å². The molecule has 0 amide bonds. The second kappa shape index (κ2) is 5.48. The standard InChI is InChI=1S/C17H11Br3S/c18-14-8-13(17(20)21-14)16(19)12-7-6-10-5-4-9-2-1-3-11(12)15(9)10/h1-3,6-8,16H,4-5H2. The van der Waals surface area contributed by atoms with Gasteiger partial charge in [-0.15, -0.1) is 11.3 Å². The van der Waals surface area contributed by atoms with Crippen LogP contribution in [0.15, 0.2) is 44.0 Å². The molecule has 0 saturated carbocycles. The maximum absolute atomic E-state index is 3.90. The average molecular weight is 487 g/mol. The van der Waals surface area contributed by atoms with Crippen LogP contribution >= 0.6 is 59.1 Å². The monoisotopic (exact) mass is 484 g/mol. The predicted octanol–water partition coefficient (Wildman–Crippen LogP) is 7.01. The molecular weight excluding hydrogens is 476 g/mol. The molecular formula is C17H11Br3S. The molecule has 0 bridgehead atoms. The first-order chi connectivity index (χ1) is 10.1. The van der Waals surface area contributed by atoms with E-state index in [1.807, 2.05) is 0 Å². The van der Waals surface area contributed by atoms with Crippen molar-refractivity contribution >= 4 is 69.9 Å². The molecule has 0 aliphatic heterocycles. The van der Waals surface area contributed by atoms with Gasteiger partial charge in [0.25, 0.3) is 0 Å². The van der Waals surface area contributed by atoms with E-state index in [0.717, 1.165) is 3.79 Å². The Bertz CT molecular complexity index is 840. The first kappa shape index (κ1) is 14.4. The summed E-state index contributed by atoms with van der Waals surface area (Å²) in [5.74, 6) is 0. The fourth-order valence-corrected chi connectivity index (χ4v) is 7.30. The Kier molecular flexibility index (Phi) is 3.77. The summed E-state index contributed by atoms with van der Waals surface area (Å²) in [5, 5.41) is 2.86. The fourth-order valence-electron chi connectivity index (χ4n) is 3.18. The highest BCUT2D eigenvalue weighted by atomic mass is 79.9. The van der Waals surface area contributed by atoms with Gasteiger partial charge in [-0.1, -0.05) is 46.3 Å². The third-order valence-electron chi connectivity index (χ3n) is 4.14. The van der Waals surface area contributed by atoms with Crippen LogP contribution < -0.4 is 0 Å². The molecule has 0 N–H and O–H groups in total. The number of alkyl halides is 1. The van der Waals surface area contributed by atoms with Gasteiger partial charge in [0.1, 0.15) is 0 Å². The molecule has 106 valence electrons. The Balaban J connectivity index is 1.94. The van der Waals surface area contributed by atoms with Crippen molar-refractivity contribution in [2.24, 2.45) is 0 Å². The summed E-state index contributed by atoms with van der Waals surface area (Å²) in [7, 11) is 0. The van der Waals surface area contributed by atoms with Gasteiger partial charge in [0, 0.05) is 0 Å². The Labute approximate surface area is 153 Å². The Morgan fingerprint density at radius 1 is 0.952 bits per heavy atom. The van der Waals surface area contributed by atoms with E-state index in [1.54, 1.807) is 11.3 Å². The number of hydrogen-bond donors (Lipinski definition) is 0. The number of aryl methyl sites for hydroxylation is 2. The smallest absolute Gasteiger partial charge is 0.0757 e. The van der Waals surface area contributed by atoms with E-state index < -0.39 is 0 Å². The van der Waals surface area contributed by atoms with Crippen molar-refractivity contribution in [2.75, 3.05) is 0 Å². The lowest BCUT2D eigenvalue weighted by atomic mass is 9.96. The van der Waals surface area contributed by atoms with Gasteiger partial charge in [0.15, 0.2) is 0 Å². The summed E-state index contributed by atoms with van der Waals surface area (Å²) >= 11 is 12.9. The topological polar surface area (TPSA) is 0 Å². The number of hydrogen-bond acceptors (Lipinski definition) is 1. The Morgan fingerprint density at radius 3 is 2.43 bits per heavy atom. The average Bonchev–Trinajstić information content (AvgIpc) is 3.04. The van der Waals surface area contributed by atoms with Crippen molar-refractivity contribution in [3.8, 4) is 0 Å². The molecule has 1 aliphatic rings. The largest absolute Gasteiger partial charge is 0.121 e. The molecule has 3 aromatic rings. The molecule has 1 aliphatic carbocycles. The van der Waals surface area contributed by atoms with Crippen LogP contribution in [0.25, 0.3) is 10.8 Å². The first-order valence-electron chi connectivity index (χ1n) is 6.77. The summed E-state index contributed by atoms with van der Waals surface area (Å²) in [5.41, 5.74) is 5.62. The lowest BCUT2D eigenvalue weighted by Crippen LogP contribution is -1.94. The predicted molar refractivity (Wildman–Crippen MR) is 102 cm³/mol. The van der Waals surface area contributed by atoms with Crippen LogP contribution in [0, 0.1) is 0 Å². The van der Waals surface area contributed by atoms with Gasteiger partial charge in [-0.05, 0) is 83.8 Å². The SMILES string of the molecule is Brc1cc(C(Br)c2ccc3c4c(cccc24)CC3)c(Br)s1. The van der Waals surface area contributed by atoms with E-state index in [-0.39, 0.29) is 4.83 Å². The van der Waals surface area contributed by atoms with Crippen molar-refractivity contribution in [3.05, 3.63) is 66.2 Å². The summed E-state index contributed by atoms with van der Waals surface area (Å²) in [6.45, 7) is 0. The maximum atomic E-state index is 3.90. The van der Waals surface area contributed by atoms with Crippen LogP contribution in [0.4, 0.5) is 0 Å². The van der Waals surface area contributed by atoms with E-state index in [4.69, 9.17) is 0 Å². The molecule has 1 heterocycles. The summed E-state index contributed by atoms with van der Waals surface area (Å²) in [4.78, 5) is 0.208. The Morgan fingerprint density at radius 2 is 1.71 bits per heavy atom. The quantitative estimate of drug-likeness (QED) is 0.342. The summed E-state index contributed by atoms with van der Waals surface area (Å²) in [6, 6.07) is 13.5. The highest BCUT2D eigenvalue weighted by Crippen LogP contribution is 2.45. The van der Waals surface area contributed by atoms with Gasteiger partial charge < -0.3 is 0 Å². The molecule has 21 heavy (non-hydrogen) atoms. The maximum Gasteiger partial charge on any atom is 0.0757 e. The summed E-state index contributed by atoms with van der Waals surface area (Å²) in [6.07, 6.45) is 2.35. The molecule has 0 fully saturated rings. The van der Waals surface area contributed by atoms with Gasteiger partial charge in [0.05, 0.1) is 12.4 Å². The van der Waals surface area contributed by atoms with Gasteiger partial charge in [-0.2, -0.15) is 0 Å². The van der Waals surface area contributed by atoms with Crippen LogP contribution in [0.2, 0.25) is 0 Å². The third kappa shape index (κ3) is 2.35. The second-order valence-corrected chi connectivity index (χ2v) is 9.96. The molecule has 0 spiro atoms. The lowest BCUT2D eigenvalue weighted by molar-refractivity contribution is 1.02. The van der Waals surface area contributed by atoms with Crippen molar-refractivity contribution in [2.45, 2.75) is 17.7 Å². The first-order valence-corrected chi connectivity index (χ1v) is 10.1. The normalized spacial score (nSPS) is 14.8. The molecule has 1 atom stereocenters. The molecule has 2 aromatic carbocycles. The van der Waals surface area contributed by atoms with E-state index in [2.05, 4.69) is 84.2 Å². The number of rotatable bonds is 2. The van der Waals surface area contributed by atoms with Gasteiger partial charge in [0.2, 0.25) is 0 Å². The van der Waals surface area contributed by atoms with E-state index in [0.29, 0.717) is 0 Å². The molecule has 0 radical (unpaired) electrons. The van der Waals surface area contributed by atoms with Crippen molar-refractivity contribution in [3.63, 3.8) is 0 Å². The number of benzene rings is 2. The van der Waals surface area contributed by atoms with Gasteiger partial charge in [-0.25, -0.2) is 0 Å². The van der Waals surface area contributed by atoms with Gasteiger partial charge >= 0.3 is 0 Å². The molecule has 4 rings (SSSR count).